The molecule has 0 aromatic carbocycles. The lowest BCUT2D eigenvalue weighted by Gasteiger charge is -2.36. The molecule has 1 aliphatic carbocycles. The zero-order chi connectivity index (χ0) is 25.0. The SMILES string of the molecule is CCCc1cc(N2CCN(CCCCN3C(=O)CCC4=C3CCCC4=O)CC2)nc(C(C)(C)C)n1. The molecule has 3 aliphatic rings. The smallest absolute Gasteiger partial charge is 0.227 e. The highest BCUT2D eigenvalue weighted by Gasteiger charge is 2.31. The summed E-state index contributed by atoms with van der Waals surface area (Å²) in [6, 6.07) is 2.18. The molecule has 0 unspecified atom stereocenters. The molecule has 3 heterocycles. The van der Waals surface area contributed by atoms with Gasteiger partial charge in [0, 0.05) is 74.0 Å². The van der Waals surface area contributed by atoms with Gasteiger partial charge in [-0.15, -0.1) is 0 Å². The van der Waals surface area contributed by atoms with Crippen molar-refractivity contribution in [2.45, 2.75) is 90.9 Å². The first-order valence-corrected chi connectivity index (χ1v) is 13.7. The van der Waals surface area contributed by atoms with Crippen LogP contribution in [0.3, 0.4) is 0 Å². The first-order valence-electron chi connectivity index (χ1n) is 13.7. The molecular weight excluding hydrogens is 438 g/mol. The summed E-state index contributed by atoms with van der Waals surface area (Å²) in [5.41, 5.74) is 3.06. The van der Waals surface area contributed by atoms with Crippen molar-refractivity contribution in [3.8, 4) is 0 Å². The number of carbonyl (C=O) groups is 2. The molecule has 0 N–H and O–H groups in total. The van der Waals surface area contributed by atoms with E-state index < -0.39 is 0 Å². The average Bonchev–Trinajstić information content (AvgIpc) is 2.83. The summed E-state index contributed by atoms with van der Waals surface area (Å²) in [5, 5.41) is 0. The van der Waals surface area contributed by atoms with Crippen LogP contribution in [0.1, 0.15) is 90.6 Å². The molecule has 0 bridgehead atoms. The third-order valence-corrected chi connectivity index (χ3v) is 7.46. The van der Waals surface area contributed by atoms with Crippen molar-refractivity contribution >= 4 is 17.5 Å². The summed E-state index contributed by atoms with van der Waals surface area (Å²) in [5.74, 6) is 2.48. The Morgan fingerprint density at radius 1 is 0.914 bits per heavy atom. The molecular formula is C28H43N5O2. The summed E-state index contributed by atoms with van der Waals surface area (Å²) >= 11 is 0. The Morgan fingerprint density at radius 2 is 1.66 bits per heavy atom. The van der Waals surface area contributed by atoms with Gasteiger partial charge < -0.3 is 9.80 Å². The lowest BCUT2D eigenvalue weighted by molar-refractivity contribution is -0.130. The van der Waals surface area contributed by atoms with Crippen LogP contribution in [0.25, 0.3) is 0 Å². The summed E-state index contributed by atoms with van der Waals surface area (Å²) in [6.45, 7) is 14.6. The minimum Gasteiger partial charge on any atom is -0.354 e. The van der Waals surface area contributed by atoms with Gasteiger partial charge in [-0.05, 0) is 45.1 Å². The van der Waals surface area contributed by atoms with Gasteiger partial charge in [0.25, 0.3) is 0 Å². The van der Waals surface area contributed by atoms with Crippen LogP contribution in [-0.2, 0) is 21.4 Å². The van der Waals surface area contributed by atoms with Crippen LogP contribution in [0.2, 0.25) is 0 Å². The molecule has 4 rings (SSSR count). The van der Waals surface area contributed by atoms with Gasteiger partial charge >= 0.3 is 0 Å². The second-order valence-electron chi connectivity index (χ2n) is 11.3. The van der Waals surface area contributed by atoms with Crippen molar-refractivity contribution in [3.05, 3.63) is 28.9 Å². The molecule has 7 heteroatoms. The lowest BCUT2D eigenvalue weighted by Crippen LogP contribution is -2.47. The Balaban J connectivity index is 1.26. The quantitative estimate of drug-likeness (QED) is 0.517. The maximum absolute atomic E-state index is 12.5. The fourth-order valence-electron chi connectivity index (χ4n) is 5.41. The van der Waals surface area contributed by atoms with Gasteiger partial charge in [0.15, 0.2) is 5.78 Å². The maximum atomic E-state index is 12.5. The second-order valence-corrected chi connectivity index (χ2v) is 11.3. The maximum Gasteiger partial charge on any atom is 0.227 e. The highest BCUT2D eigenvalue weighted by atomic mass is 16.2. The molecule has 0 spiro atoms. The zero-order valence-corrected chi connectivity index (χ0v) is 22.2. The van der Waals surface area contributed by atoms with E-state index in [9.17, 15) is 9.59 Å². The summed E-state index contributed by atoms with van der Waals surface area (Å²) < 4.78 is 0. The number of hydrogen-bond acceptors (Lipinski definition) is 6. The normalized spacial score (nSPS) is 20.0. The number of allylic oxidation sites excluding steroid dienone is 2. The number of hydrogen-bond donors (Lipinski definition) is 0. The first-order chi connectivity index (χ1) is 16.8. The zero-order valence-electron chi connectivity index (χ0n) is 22.2. The third-order valence-electron chi connectivity index (χ3n) is 7.46. The molecule has 192 valence electrons. The van der Waals surface area contributed by atoms with Crippen molar-refractivity contribution in [3.63, 3.8) is 0 Å². The summed E-state index contributed by atoms with van der Waals surface area (Å²) in [6.07, 6.45) is 7.70. The number of nitrogens with zero attached hydrogens (tertiary/aromatic N) is 5. The number of rotatable bonds is 8. The van der Waals surface area contributed by atoms with Gasteiger partial charge in [-0.2, -0.15) is 0 Å². The number of piperazine rings is 1. The second kappa shape index (κ2) is 11.2. The van der Waals surface area contributed by atoms with E-state index in [1.165, 1.54) is 0 Å². The average molecular weight is 482 g/mol. The van der Waals surface area contributed by atoms with E-state index in [1.807, 2.05) is 4.90 Å². The Kier molecular flexibility index (Phi) is 8.25. The van der Waals surface area contributed by atoms with Crippen molar-refractivity contribution in [2.75, 3.05) is 44.2 Å². The van der Waals surface area contributed by atoms with E-state index in [0.29, 0.717) is 19.3 Å². The number of amides is 1. The van der Waals surface area contributed by atoms with E-state index >= 15 is 0 Å². The largest absolute Gasteiger partial charge is 0.354 e. The Morgan fingerprint density at radius 3 is 2.37 bits per heavy atom. The summed E-state index contributed by atoms with van der Waals surface area (Å²) in [4.78, 5) is 41.4. The molecule has 1 aromatic rings. The number of anilines is 1. The van der Waals surface area contributed by atoms with E-state index in [-0.39, 0.29) is 17.1 Å². The van der Waals surface area contributed by atoms with Crippen LogP contribution in [0.4, 0.5) is 5.82 Å². The molecule has 2 aliphatic heterocycles. The van der Waals surface area contributed by atoms with Gasteiger partial charge in [-0.1, -0.05) is 34.1 Å². The molecule has 35 heavy (non-hydrogen) atoms. The topological polar surface area (TPSA) is 69.6 Å². The molecule has 0 saturated carbocycles. The number of aromatic nitrogens is 2. The fraction of sp³-hybridized carbons (Fsp3) is 0.714. The van der Waals surface area contributed by atoms with Crippen LogP contribution < -0.4 is 4.90 Å². The summed E-state index contributed by atoms with van der Waals surface area (Å²) in [7, 11) is 0. The van der Waals surface area contributed by atoms with E-state index in [2.05, 4.69) is 43.6 Å². The van der Waals surface area contributed by atoms with Crippen molar-refractivity contribution in [2.24, 2.45) is 0 Å². The highest BCUT2D eigenvalue weighted by molar-refractivity contribution is 5.99. The van der Waals surface area contributed by atoms with E-state index in [4.69, 9.17) is 9.97 Å². The van der Waals surface area contributed by atoms with Gasteiger partial charge in [-0.25, -0.2) is 9.97 Å². The first kappa shape index (κ1) is 25.8. The molecule has 0 radical (unpaired) electrons. The van der Waals surface area contributed by atoms with E-state index in [1.54, 1.807) is 0 Å². The van der Waals surface area contributed by atoms with Gasteiger partial charge in [0.05, 0.1) is 0 Å². The number of carbonyl (C=O) groups excluding carboxylic acids is 2. The molecule has 1 aromatic heterocycles. The monoisotopic (exact) mass is 481 g/mol. The minimum absolute atomic E-state index is 0.0578. The number of Topliss-reactive ketones (excluding diaryl/α,β-unsaturated/α-hetero) is 1. The van der Waals surface area contributed by atoms with Crippen molar-refractivity contribution < 1.29 is 9.59 Å². The van der Waals surface area contributed by atoms with E-state index in [0.717, 1.165) is 106 Å². The van der Waals surface area contributed by atoms with Gasteiger partial charge in [0.1, 0.15) is 11.6 Å². The van der Waals surface area contributed by atoms with Crippen LogP contribution in [-0.4, -0.2) is 70.7 Å². The van der Waals surface area contributed by atoms with Crippen molar-refractivity contribution in [1.29, 1.82) is 0 Å². The molecule has 0 atom stereocenters. The predicted octanol–water partition coefficient (Wildman–Crippen LogP) is 4.26. The molecule has 1 saturated heterocycles. The third kappa shape index (κ3) is 6.29. The number of unbranched alkanes of at least 4 members (excludes halogenated alkanes) is 1. The minimum atomic E-state index is -0.0578. The Labute approximate surface area is 211 Å². The lowest BCUT2D eigenvalue weighted by atomic mass is 9.88. The molecule has 1 fully saturated rings. The fourth-order valence-corrected chi connectivity index (χ4v) is 5.41. The van der Waals surface area contributed by atoms with Crippen LogP contribution in [0.15, 0.2) is 17.3 Å². The van der Waals surface area contributed by atoms with Crippen LogP contribution in [0, 0.1) is 0 Å². The van der Waals surface area contributed by atoms with Crippen LogP contribution in [0.5, 0.6) is 0 Å². The number of aryl methyl sites for hydroxylation is 1. The van der Waals surface area contributed by atoms with Gasteiger partial charge in [-0.3, -0.25) is 14.5 Å². The van der Waals surface area contributed by atoms with Gasteiger partial charge in [0.2, 0.25) is 5.91 Å². The van der Waals surface area contributed by atoms with Crippen LogP contribution >= 0.6 is 0 Å². The Bertz CT molecular complexity index is 957. The predicted molar refractivity (Wildman–Crippen MR) is 139 cm³/mol. The van der Waals surface area contributed by atoms with Crippen molar-refractivity contribution in [1.82, 2.24) is 19.8 Å². The molecule has 1 amide bonds. The number of ketones is 1. The molecule has 7 nitrogen and oxygen atoms in total. The highest BCUT2D eigenvalue weighted by Crippen LogP contribution is 2.32. The Hall–Kier alpha value is -2.28. The standard InChI is InChI=1S/C28H43N5O2/c1-5-9-21-20-25(30-27(29-21)28(2,3)4)32-18-16-31(17-19-32)14-6-7-15-33-23-10-8-11-24(34)22(23)12-13-26(33)35/h20H,5-19H2,1-4H3.